The molecule has 0 radical (unpaired) electrons. The van der Waals surface area contributed by atoms with E-state index >= 15 is 0 Å². The van der Waals surface area contributed by atoms with E-state index in [1.54, 1.807) is 4.90 Å². The van der Waals surface area contributed by atoms with Crippen molar-refractivity contribution in [1.82, 2.24) is 24.7 Å². The van der Waals surface area contributed by atoms with E-state index in [9.17, 15) is 17.6 Å². The van der Waals surface area contributed by atoms with Crippen LogP contribution in [0.25, 0.3) is 0 Å². The Hall–Kier alpha value is -2.37. The average Bonchev–Trinajstić information content (AvgIpc) is 3.12. The highest BCUT2D eigenvalue weighted by molar-refractivity contribution is 8.03. The van der Waals surface area contributed by atoms with Crippen molar-refractivity contribution in [3.63, 3.8) is 0 Å². The van der Waals surface area contributed by atoms with E-state index in [1.165, 1.54) is 11.8 Å². The summed E-state index contributed by atoms with van der Waals surface area (Å²) in [5.41, 5.74) is 0.744. The van der Waals surface area contributed by atoms with Crippen LogP contribution in [-0.2, 0) is 19.3 Å². The summed E-state index contributed by atoms with van der Waals surface area (Å²) in [6.45, 7) is 7.46. The quantitative estimate of drug-likeness (QED) is 0.342. The highest BCUT2D eigenvalue weighted by atomic mass is 32.2. The van der Waals surface area contributed by atoms with Crippen LogP contribution in [0, 0.1) is 6.92 Å². The lowest BCUT2D eigenvalue weighted by atomic mass is 10.2. The van der Waals surface area contributed by atoms with Gasteiger partial charge in [-0.1, -0.05) is 31.7 Å². The maximum atomic E-state index is 13.1. The molecule has 12 heteroatoms. The maximum Gasteiger partial charge on any atom is 0.451 e. The van der Waals surface area contributed by atoms with Gasteiger partial charge in [-0.25, -0.2) is 4.39 Å². The molecular weight excluding hydrogens is 424 g/mol. The van der Waals surface area contributed by atoms with Gasteiger partial charge in [0.15, 0.2) is 5.82 Å². The van der Waals surface area contributed by atoms with E-state index in [2.05, 4.69) is 26.7 Å². The molecule has 0 bridgehead atoms. The zero-order valence-electron chi connectivity index (χ0n) is 16.7. The van der Waals surface area contributed by atoms with Gasteiger partial charge in [0, 0.05) is 18.7 Å². The van der Waals surface area contributed by atoms with Gasteiger partial charge in [-0.15, -0.1) is 10.2 Å². The van der Waals surface area contributed by atoms with Gasteiger partial charge in [0.25, 0.3) is 0 Å². The summed E-state index contributed by atoms with van der Waals surface area (Å²) in [4.78, 5) is 11.5. The number of nitrogens with zero attached hydrogens (tertiary/aromatic N) is 6. The largest absolute Gasteiger partial charge is 0.461 e. The molecule has 3 heterocycles. The predicted octanol–water partition coefficient (Wildman–Crippen LogP) is 4.17. The molecule has 0 saturated carbocycles. The molecular formula is C18H22F4N6OS. The number of hydrogen-bond donors (Lipinski definition) is 0. The first-order chi connectivity index (χ1) is 14.2. The van der Waals surface area contributed by atoms with Crippen molar-refractivity contribution in [2.45, 2.75) is 51.0 Å². The summed E-state index contributed by atoms with van der Waals surface area (Å²) < 4.78 is 58.2. The highest BCUT2D eigenvalue weighted by Crippen LogP contribution is 2.36. The van der Waals surface area contributed by atoms with Gasteiger partial charge in [-0.05, 0) is 18.2 Å². The van der Waals surface area contributed by atoms with Gasteiger partial charge in [0.05, 0.1) is 6.54 Å². The molecule has 164 valence electrons. The van der Waals surface area contributed by atoms with Crippen molar-refractivity contribution < 1.29 is 22.3 Å². The molecule has 0 amide bonds. The van der Waals surface area contributed by atoms with Crippen LogP contribution in [0.3, 0.4) is 0 Å². The summed E-state index contributed by atoms with van der Waals surface area (Å²) in [6, 6.07) is 0.0167. The minimum atomic E-state index is -4.56. The molecule has 0 aliphatic carbocycles. The van der Waals surface area contributed by atoms with Gasteiger partial charge in [0.1, 0.15) is 24.1 Å². The lowest BCUT2D eigenvalue weighted by Crippen LogP contribution is -2.36. The number of anilines is 1. The Bertz CT molecular complexity index is 917. The molecule has 0 fully saturated rings. The van der Waals surface area contributed by atoms with Crippen molar-refractivity contribution >= 4 is 17.6 Å². The van der Waals surface area contributed by atoms with Crippen molar-refractivity contribution in [2.24, 2.45) is 0 Å². The zero-order valence-corrected chi connectivity index (χ0v) is 17.5. The predicted molar refractivity (Wildman–Crippen MR) is 104 cm³/mol. The molecule has 0 atom stereocenters. The van der Waals surface area contributed by atoms with E-state index in [0.29, 0.717) is 10.8 Å². The number of thioether (sulfide) groups is 1. The number of allylic oxidation sites excluding steroid dienone is 1. The first-order valence-corrected chi connectivity index (χ1v) is 10.2. The van der Waals surface area contributed by atoms with Crippen LogP contribution >= 0.6 is 11.8 Å². The van der Waals surface area contributed by atoms with Crippen molar-refractivity contribution in [1.29, 1.82) is 0 Å². The van der Waals surface area contributed by atoms with Crippen molar-refractivity contribution in [3.8, 4) is 6.01 Å². The van der Waals surface area contributed by atoms with E-state index in [4.69, 9.17) is 4.74 Å². The molecule has 0 aromatic carbocycles. The molecule has 0 unspecified atom stereocenters. The van der Waals surface area contributed by atoms with Crippen LogP contribution < -0.4 is 9.64 Å². The summed E-state index contributed by atoms with van der Waals surface area (Å²) in [5, 5.41) is 7.63. The maximum absolute atomic E-state index is 13.1. The first kappa shape index (κ1) is 22.3. The Morgan fingerprint density at radius 1 is 1.23 bits per heavy atom. The Labute approximate surface area is 175 Å². The lowest BCUT2D eigenvalue weighted by molar-refractivity contribution is -0.147. The fourth-order valence-corrected chi connectivity index (χ4v) is 4.03. The molecule has 1 aliphatic heterocycles. The third kappa shape index (κ3) is 4.85. The van der Waals surface area contributed by atoms with E-state index in [0.717, 1.165) is 27.9 Å². The molecule has 2 aromatic heterocycles. The number of aromatic nitrogens is 5. The minimum absolute atomic E-state index is 0.0167. The average molecular weight is 446 g/mol. The van der Waals surface area contributed by atoms with Gasteiger partial charge >= 0.3 is 12.2 Å². The number of fused-ring (bicyclic) bond motifs is 1. The van der Waals surface area contributed by atoms with Gasteiger partial charge < -0.3 is 14.2 Å². The standard InChI is InChI=1S/C18H22F4N6OS/c1-4-5-11(2)30-15-12(3)14(23-17(24-15)29-9-6-19)27-7-8-28-13(10-27)25-26-16(28)18(20,21)22/h2,4-10H2,1,3H3. The number of halogens is 4. The fraction of sp³-hybridized carbons (Fsp3) is 0.556. The van der Waals surface area contributed by atoms with Crippen molar-refractivity contribution in [2.75, 3.05) is 24.7 Å². The SMILES string of the molecule is C=C(CCC)Sc1nc(OCCF)nc(N2CCn3c(nnc3C(F)(F)F)C2)c1C. The Balaban J connectivity index is 1.92. The van der Waals surface area contributed by atoms with Crippen LogP contribution in [0.15, 0.2) is 16.5 Å². The number of alkyl halides is 4. The number of ether oxygens (including phenoxy) is 1. The van der Waals surface area contributed by atoms with Crippen molar-refractivity contribution in [3.05, 3.63) is 28.7 Å². The van der Waals surface area contributed by atoms with E-state index in [1.807, 2.05) is 13.8 Å². The van der Waals surface area contributed by atoms with Crippen LogP contribution in [0.2, 0.25) is 0 Å². The number of hydrogen-bond acceptors (Lipinski definition) is 7. The molecule has 2 aromatic rings. The Morgan fingerprint density at radius 2 is 2.00 bits per heavy atom. The lowest BCUT2D eigenvalue weighted by Gasteiger charge is -2.30. The van der Waals surface area contributed by atoms with E-state index < -0.39 is 18.7 Å². The molecule has 30 heavy (non-hydrogen) atoms. The second kappa shape index (κ2) is 9.19. The molecule has 0 spiro atoms. The molecule has 0 saturated heterocycles. The second-order valence-corrected chi connectivity index (χ2v) is 7.87. The Morgan fingerprint density at radius 3 is 2.67 bits per heavy atom. The molecule has 0 N–H and O–H groups in total. The molecule has 1 aliphatic rings. The zero-order chi connectivity index (χ0) is 21.9. The van der Waals surface area contributed by atoms with Gasteiger partial charge in [0.2, 0.25) is 5.82 Å². The normalized spacial score (nSPS) is 14.0. The fourth-order valence-electron chi connectivity index (χ4n) is 3.08. The third-order valence-electron chi connectivity index (χ3n) is 4.44. The number of rotatable bonds is 8. The summed E-state index contributed by atoms with van der Waals surface area (Å²) in [6.07, 6.45) is -2.83. The molecule has 3 rings (SSSR count). The smallest absolute Gasteiger partial charge is 0.451 e. The minimum Gasteiger partial charge on any atom is -0.461 e. The van der Waals surface area contributed by atoms with Crippen LogP contribution in [-0.4, -0.2) is 44.6 Å². The first-order valence-electron chi connectivity index (χ1n) is 9.41. The van der Waals surface area contributed by atoms with E-state index in [-0.39, 0.29) is 38.1 Å². The topological polar surface area (TPSA) is 69.0 Å². The van der Waals surface area contributed by atoms with Crippen LogP contribution in [0.4, 0.5) is 23.4 Å². The molecule has 7 nitrogen and oxygen atoms in total. The van der Waals surface area contributed by atoms with Crippen LogP contribution in [0.1, 0.15) is 37.0 Å². The summed E-state index contributed by atoms with van der Waals surface area (Å²) in [7, 11) is 0. The highest BCUT2D eigenvalue weighted by Gasteiger charge is 2.39. The monoisotopic (exact) mass is 446 g/mol. The Kier molecular flexibility index (Phi) is 6.84. The van der Waals surface area contributed by atoms with Crippen LogP contribution in [0.5, 0.6) is 6.01 Å². The van der Waals surface area contributed by atoms with Gasteiger partial charge in [-0.2, -0.15) is 23.1 Å². The second-order valence-electron chi connectivity index (χ2n) is 6.70. The summed E-state index contributed by atoms with van der Waals surface area (Å²) in [5.74, 6) is -0.300. The van der Waals surface area contributed by atoms with Gasteiger partial charge in [-0.3, -0.25) is 0 Å². The summed E-state index contributed by atoms with van der Waals surface area (Å²) >= 11 is 1.39. The third-order valence-corrected chi connectivity index (χ3v) is 5.52.